The van der Waals surface area contributed by atoms with Gasteiger partial charge in [0.15, 0.2) is 18.7 Å². The van der Waals surface area contributed by atoms with E-state index in [9.17, 15) is 14.4 Å². The molecule has 0 radical (unpaired) electrons. The van der Waals surface area contributed by atoms with Gasteiger partial charge >= 0.3 is 5.97 Å². The molecule has 0 aliphatic rings. The molecular formula is C20H13BrClNO5. The summed E-state index contributed by atoms with van der Waals surface area (Å²) in [4.78, 5) is 35.1. The molecule has 0 aliphatic heterocycles. The van der Waals surface area contributed by atoms with Crippen molar-refractivity contribution in [2.45, 2.75) is 0 Å². The van der Waals surface area contributed by atoms with Crippen LogP contribution in [0.4, 0.5) is 5.69 Å². The number of aldehydes is 1. The molecule has 1 aromatic heterocycles. The molecule has 0 fully saturated rings. The molecule has 0 saturated heterocycles. The Balaban J connectivity index is 1.67. The zero-order chi connectivity index (χ0) is 20.1. The van der Waals surface area contributed by atoms with E-state index in [2.05, 4.69) is 21.2 Å². The quantitative estimate of drug-likeness (QED) is 0.413. The number of ether oxygens (including phenoxy) is 1. The average Bonchev–Trinajstić information content (AvgIpc) is 3.16. The fraction of sp³-hybridized carbons (Fsp3) is 0.0500. The van der Waals surface area contributed by atoms with Crippen LogP contribution in [0, 0.1) is 0 Å². The van der Waals surface area contributed by atoms with Gasteiger partial charge in [0, 0.05) is 15.7 Å². The minimum absolute atomic E-state index is 0.0819. The van der Waals surface area contributed by atoms with Gasteiger partial charge in [-0.1, -0.05) is 33.6 Å². The zero-order valence-corrected chi connectivity index (χ0v) is 16.6. The summed E-state index contributed by atoms with van der Waals surface area (Å²) in [6.07, 6.45) is 0.582. The third kappa shape index (κ3) is 4.88. The summed E-state index contributed by atoms with van der Waals surface area (Å²) in [5, 5.41) is 2.79. The highest BCUT2D eigenvalue weighted by atomic mass is 79.9. The first-order chi connectivity index (χ1) is 13.5. The van der Waals surface area contributed by atoms with Crippen LogP contribution in [0.1, 0.15) is 20.9 Å². The Kier molecular flexibility index (Phi) is 6.28. The lowest BCUT2D eigenvalue weighted by atomic mass is 10.1. The number of carbonyl (C=O) groups is 3. The SMILES string of the molecule is O=Cc1ccc(-c2ccc(Cl)c(C(=O)OCC(=O)Nc3cccc(Br)c3)c2)o1. The molecule has 0 bridgehead atoms. The van der Waals surface area contributed by atoms with Crippen LogP contribution in [0.2, 0.25) is 5.02 Å². The largest absolute Gasteiger partial charge is 0.453 e. The highest BCUT2D eigenvalue weighted by molar-refractivity contribution is 9.10. The number of esters is 1. The van der Waals surface area contributed by atoms with Crippen molar-refractivity contribution in [1.82, 2.24) is 0 Å². The predicted molar refractivity (Wildman–Crippen MR) is 108 cm³/mol. The van der Waals surface area contributed by atoms with E-state index in [4.69, 9.17) is 20.8 Å². The number of nitrogens with one attached hydrogen (secondary N) is 1. The summed E-state index contributed by atoms with van der Waals surface area (Å²) in [6, 6.07) is 14.8. The molecule has 0 aliphatic carbocycles. The Morgan fingerprint density at radius 1 is 1.14 bits per heavy atom. The van der Waals surface area contributed by atoms with E-state index in [1.54, 1.807) is 30.3 Å². The van der Waals surface area contributed by atoms with Crippen LogP contribution in [0.25, 0.3) is 11.3 Å². The standard InChI is InChI=1S/C20H13BrClNO5/c21-13-2-1-3-14(9-13)23-19(25)11-27-20(26)16-8-12(4-6-17(16)22)18-7-5-15(10-24)28-18/h1-10H,11H2,(H,23,25). The molecule has 0 atom stereocenters. The maximum atomic E-state index is 12.3. The molecule has 0 unspecified atom stereocenters. The lowest BCUT2D eigenvalue weighted by Crippen LogP contribution is -2.21. The molecule has 1 heterocycles. The smallest absolute Gasteiger partial charge is 0.340 e. The van der Waals surface area contributed by atoms with Gasteiger partial charge < -0.3 is 14.5 Å². The first kappa shape index (κ1) is 19.9. The number of halogens is 2. The van der Waals surface area contributed by atoms with Gasteiger partial charge in [-0.3, -0.25) is 9.59 Å². The minimum atomic E-state index is -0.751. The highest BCUT2D eigenvalue weighted by Crippen LogP contribution is 2.27. The van der Waals surface area contributed by atoms with E-state index in [1.165, 1.54) is 18.2 Å². The van der Waals surface area contributed by atoms with Crippen molar-refractivity contribution in [2.75, 3.05) is 11.9 Å². The van der Waals surface area contributed by atoms with E-state index in [1.807, 2.05) is 6.07 Å². The third-order valence-electron chi connectivity index (χ3n) is 3.66. The lowest BCUT2D eigenvalue weighted by molar-refractivity contribution is -0.119. The summed E-state index contributed by atoms with van der Waals surface area (Å²) >= 11 is 9.39. The number of rotatable bonds is 6. The van der Waals surface area contributed by atoms with Gasteiger partial charge in [0.2, 0.25) is 0 Å². The monoisotopic (exact) mass is 461 g/mol. The first-order valence-electron chi connectivity index (χ1n) is 8.04. The number of amides is 1. The summed E-state index contributed by atoms with van der Waals surface area (Å²) in [7, 11) is 0. The Bertz CT molecular complexity index is 1050. The molecule has 142 valence electrons. The molecule has 8 heteroatoms. The summed E-state index contributed by atoms with van der Waals surface area (Å²) in [5.74, 6) is -0.669. The normalized spacial score (nSPS) is 10.4. The summed E-state index contributed by atoms with van der Waals surface area (Å²) in [5.41, 5.74) is 1.20. The zero-order valence-electron chi connectivity index (χ0n) is 14.3. The number of hydrogen-bond donors (Lipinski definition) is 1. The van der Waals surface area contributed by atoms with E-state index in [0.29, 0.717) is 23.3 Å². The fourth-order valence-corrected chi connectivity index (χ4v) is 2.97. The molecule has 0 spiro atoms. The van der Waals surface area contributed by atoms with Gasteiger partial charge in [0.25, 0.3) is 5.91 Å². The van der Waals surface area contributed by atoms with Crippen LogP contribution in [-0.2, 0) is 9.53 Å². The van der Waals surface area contributed by atoms with Crippen LogP contribution < -0.4 is 5.32 Å². The molecule has 6 nitrogen and oxygen atoms in total. The average molecular weight is 463 g/mol. The molecule has 28 heavy (non-hydrogen) atoms. The van der Waals surface area contributed by atoms with Gasteiger partial charge in [-0.15, -0.1) is 0 Å². The van der Waals surface area contributed by atoms with E-state index in [-0.39, 0.29) is 16.3 Å². The minimum Gasteiger partial charge on any atom is -0.453 e. The second-order valence-electron chi connectivity index (χ2n) is 5.65. The molecule has 3 rings (SSSR count). The number of benzene rings is 2. The van der Waals surface area contributed by atoms with Crippen LogP contribution >= 0.6 is 27.5 Å². The highest BCUT2D eigenvalue weighted by Gasteiger charge is 2.16. The summed E-state index contributed by atoms with van der Waals surface area (Å²) in [6.45, 7) is -0.470. The van der Waals surface area contributed by atoms with Crippen LogP contribution in [0.15, 0.2) is 63.5 Å². The van der Waals surface area contributed by atoms with Gasteiger partial charge in [-0.25, -0.2) is 4.79 Å². The second-order valence-corrected chi connectivity index (χ2v) is 6.97. The van der Waals surface area contributed by atoms with Crippen molar-refractivity contribution in [3.8, 4) is 11.3 Å². The maximum absolute atomic E-state index is 12.3. The third-order valence-corrected chi connectivity index (χ3v) is 4.48. The van der Waals surface area contributed by atoms with Crippen molar-refractivity contribution in [2.24, 2.45) is 0 Å². The Morgan fingerprint density at radius 2 is 1.96 bits per heavy atom. The maximum Gasteiger partial charge on any atom is 0.340 e. The Morgan fingerprint density at radius 3 is 2.68 bits per heavy atom. The second kappa shape index (κ2) is 8.86. The van der Waals surface area contributed by atoms with Gasteiger partial charge in [0.1, 0.15) is 5.76 Å². The number of anilines is 1. The van der Waals surface area contributed by atoms with E-state index in [0.717, 1.165) is 4.47 Å². The van der Waals surface area contributed by atoms with Gasteiger partial charge in [-0.2, -0.15) is 0 Å². The molecule has 1 amide bonds. The fourth-order valence-electron chi connectivity index (χ4n) is 2.38. The molecular weight excluding hydrogens is 450 g/mol. The van der Waals surface area contributed by atoms with Crippen LogP contribution in [0.5, 0.6) is 0 Å². The van der Waals surface area contributed by atoms with Crippen molar-refractivity contribution >= 4 is 51.4 Å². The Labute approximate surface area is 173 Å². The number of hydrogen-bond acceptors (Lipinski definition) is 5. The van der Waals surface area contributed by atoms with Gasteiger partial charge in [-0.05, 0) is 48.5 Å². The topological polar surface area (TPSA) is 85.6 Å². The molecule has 2 aromatic carbocycles. The van der Waals surface area contributed by atoms with Crippen molar-refractivity contribution in [1.29, 1.82) is 0 Å². The summed E-state index contributed by atoms with van der Waals surface area (Å²) < 4.78 is 11.2. The van der Waals surface area contributed by atoms with E-state index < -0.39 is 18.5 Å². The van der Waals surface area contributed by atoms with Crippen LogP contribution in [0.3, 0.4) is 0 Å². The number of furan rings is 1. The lowest BCUT2D eigenvalue weighted by Gasteiger charge is -2.09. The Hall–Kier alpha value is -2.90. The van der Waals surface area contributed by atoms with Crippen LogP contribution in [-0.4, -0.2) is 24.8 Å². The molecule has 0 saturated carbocycles. The van der Waals surface area contributed by atoms with Gasteiger partial charge in [0.05, 0.1) is 10.6 Å². The van der Waals surface area contributed by atoms with E-state index >= 15 is 0 Å². The first-order valence-corrected chi connectivity index (χ1v) is 9.21. The predicted octanol–water partition coefficient (Wildman–Crippen LogP) is 4.97. The number of carbonyl (C=O) groups excluding carboxylic acids is 3. The van der Waals surface area contributed by atoms with Crippen molar-refractivity contribution in [3.05, 3.63) is 75.4 Å². The molecule has 1 N–H and O–H groups in total. The molecule has 3 aromatic rings. The van der Waals surface area contributed by atoms with Crippen molar-refractivity contribution in [3.63, 3.8) is 0 Å². The van der Waals surface area contributed by atoms with Crippen molar-refractivity contribution < 1.29 is 23.5 Å².